The molecule has 1 rings (SSSR count). The van der Waals surface area contributed by atoms with Gasteiger partial charge in [-0.1, -0.05) is 13.0 Å². The van der Waals surface area contributed by atoms with Crippen LogP contribution in [0, 0.1) is 5.92 Å². The first-order valence-corrected chi connectivity index (χ1v) is 4.80. The van der Waals surface area contributed by atoms with Crippen molar-refractivity contribution in [3.63, 3.8) is 0 Å². The lowest BCUT2D eigenvalue weighted by atomic mass is 10.0. The SMILES string of the molecule is C=CC(=O)N(C)C1CCCC1CN. The highest BCUT2D eigenvalue weighted by atomic mass is 16.2. The molecule has 0 radical (unpaired) electrons. The molecule has 1 aliphatic carbocycles. The topological polar surface area (TPSA) is 46.3 Å². The molecule has 0 aliphatic heterocycles. The van der Waals surface area contributed by atoms with Gasteiger partial charge in [-0.2, -0.15) is 0 Å². The summed E-state index contributed by atoms with van der Waals surface area (Å²) in [5, 5.41) is 0. The third-order valence-electron chi connectivity index (χ3n) is 2.94. The monoisotopic (exact) mass is 182 g/mol. The van der Waals surface area contributed by atoms with Gasteiger partial charge in [0, 0.05) is 13.1 Å². The average molecular weight is 182 g/mol. The second-order valence-corrected chi connectivity index (χ2v) is 3.65. The van der Waals surface area contributed by atoms with Crippen LogP contribution in [0.25, 0.3) is 0 Å². The van der Waals surface area contributed by atoms with Gasteiger partial charge in [-0.25, -0.2) is 0 Å². The lowest BCUT2D eigenvalue weighted by molar-refractivity contribution is -0.127. The normalized spacial score (nSPS) is 27.2. The number of nitrogens with two attached hydrogens (primary N) is 1. The minimum atomic E-state index is 0.00495. The van der Waals surface area contributed by atoms with Crippen molar-refractivity contribution < 1.29 is 4.79 Å². The Morgan fingerprint density at radius 3 is 2.92 bits per heavy atom. The molecule has 3 nitrogen and oxygen atoms in total. The van der Waals surface area contributed by atoms with Crippen molar-refractivity contribution in [2.24, 2.45) is 11.7 Å². The Hall–Kier alpha value is -0.830. The van der Waals surface area contributed by atoms with E-state index in [9.17, 15) is 4.79 Å². The minimum Gasteiger partial charge on any atom is -0.339 e. The summed E-state index contributed by atoms with van der Waals surface area (Å²) in [6.45, 7) is 4.16. The van der Waals surface area contributed by atoms with Gasteiger partial charge in [-0.3, -0.25) is 4.79 Å². The maximum atomic E-state index is 11.3. The maximum Gasteiger partial charge on any atom is 0.245 e. The highest BCUT2D eigenvalue weighted by Crippen LogP contribution is 2.28. The first kappa shape index (κ1) is 10.3. The Labute approximate surface area is 79.6 Å². The Balaban J connectivity index is 2.59. The maximum absolute atomic E-state index is 11.3. The molecular weight excluding hydrogens is 164 g/mol. The molecule has 3 heteroatoms. The van der Waals surface area contributed by atoms with Crippen LogP contribution in [0.3, 0.4) is 0 Å². The first-order chi connectivity index (χ1) is 6.20. The number of carbonyl (C=O) groups is 1. The molecule has 0 saturated heterocycles. The quantitative estimate of drug-likeness (QED) is 0.655. The highest BCUT2D eigenvalue weighted by molar-refractivity contribution is 5.87. The fourth-order valence-corrected chi connectivity index (χ4v) is 2.11. The summed E-state index contributed by atoms with van der Waals surface area (Å²) in [6, 6.07) is 0.329. The molecule has 0 aromatic rings. The van der Waals surface area contributed by atoms with Crippen LogP contribution in [0.5, 0.6) is 0 Å². The molecule has 1 saturated carbocycles. The van der Waals surface area contributed by atoms with Crippen molar-refractivity contribution in [1.82, 2.24) is 4.90 Å². The zero-order chi connectivity index (χ0) is 9.84. The molecule has 0 spiro atoms. The standard InChI is InChI=1S/C10H18N2O/c1-3-10(13)12(2)9-6-4-5-8(9)7-11/h3,8-9H,1,4-7,11H2,2H3. The van der Waals surface area contributed by atoms with E-state index < -0.39 is 0 Å². The molecule has 0 heterocycles. The van der Waals surface area contributed by atoms with E-state index in [2.05, 4.69) is 6.58 Å². The average Bonchev–Trinajstić information content (AvgIpc) is 2.62. The Morgan fingerprint density at radius 1 is 1.69 bits per heavy atom. The van der Waals surface area contributed by atoms with Crippen LogP contribution < -0.4 is 5.73 Å². The van der Waals surface area contributed by atoms with Gasteiger partial charge in [0.1, 0.15) is 0 Å². The van der Waals surface area contributed by atoms with Gasteiger partial charge in [-0.15, -0.1) is 0 Å². The summed E-state index contributed by atoms with van der Waals surface area (Å²) >= 11 is 0. The lowest BCUT2D eigenvalue weighted by Crippen LogP contribution is -2.40. The van der Waals surface area contributed by atoms with Gasteiger partial charge in [0.2, 0.25) is 5.91 Å². The molecule has 13 heavy (non-hydrogen) atoms. The second-order valence-electron chi connectivity index (χ2n) is 3.65. The highest BCUT2D eigenvalue weighted by Gasteiger charge is 2.30. The number of carbonyl (C=O) groups excluding carboxylic acids is 1. The number of likely N-dealkylation sites (N-methyl/N-ethyl adjacent to an activating group) is 1. The van der Waals surface area contributed by atoms with Gasteiger partial charge >= 0.3 is 0 Å². The van der Waals surface area contributed by atoms with E-state index in [-0.39, 0.29) is 5.91 Å². The van der Waals surface area contributed by atoms with E-state index in [1.165, 1.54) is 12.5 Å². The zero-order valence-electron chi connectivity index (χ0n) is 8.20. The fourth-order valence-electron chi connectivity index (χ4n) is 2.11. The number of nitrogens with zero attached hydrogens (tertiary/aromatic N) is 1. The van der Waals surface area contributed by atoms with Crippen molar-refractivity contribution >= 4 is 5.91 Å². The van der Waals surface area contributed by atoms with Crippen molar-refractivity contribution in [2.45, 2.75) is 25.3 Å². The number of rotatable bonds is 3. The Bertz CT molecular complexity index is 203. The van der Waals surface area contributed by atoms with Crippen LogP contribution in [0.1, 0.15) is 19.3 Å². The van der Waals surface area contributed by atoms with Crippen LogP contribution in [0.2, 0.25) is 0 Å². The number of hydrogen-bond donors (Lipinski definition) is 1. The summed E-state index contributed by atoms with van der Waals surface area (Å²) in [6.07, 6.45) is 4.78. The Kier molecular flexibility index (Phi) is 3.48. The summed E-state index contributed by atoms with van der Waals surface area (Å²) in [5.41, 5.74) is 5.64. The number of amides is 1. The minimum absolute atomic E-state index is 0.00495. The second kappa shape index (κ2) is 4.42. The van der Waals surface area contributed by atoms with E-state index in [1.807, 2.05) is 7.05 Å². The molecule has 74 valence electrons. The molecule has 1 fully saturated rings. The van der Waals surface area contributed by atoms with Gasteiger partial charge in [0.05, 0.1) is 0 Å². The predicted octanol–water partition coefficient (Wildman–Crippen LogP) is 0.758. The summed E-state index contributed by atoms with van der Waals surface area (Å²) in [5.74, 6) is 0.485. The largest absolute Gasteiger partial charge is 0.339 e. The molecule has 2 unspecified atom stereocenters. The smallest absolute Gasteiger partial charge is 0.245 e. The summed E-state index contributed by atoms with van der Waals surface area (Å²) in [7, 11) is 1.84. The lowest BCUT2D eigenvalue weighted by Gasteiger charge is -2.28. The molecule has 2 atom stereocenters. The molecule has 0 aromatic heterocycles. The molecule has 0 aromatic carbocycles. The van der Waals surface area contributed by atoms with Gasteiger partial charge < -0.3 is 10.6 Å². The van der Waals surface area contributed by atoms with Gasteiger partial charge in [-0.05, 0) is 31.4 Å². The van der Waals surface area contributed by atoms with Crippen LogP contribution in [0.15, 0.2) is 12.7 Å². The van der Waals surface area contributed by atoms with Gasteiger partial charge in [0.15, 0.2) is 0 Å². The third kappa shape index (κ3) is 2.10. The van der Waals surface area contributed by atoms with Crippen LogP contribution in [-0.4, -0.2) is 30.4 Å². The number of hydrogen-bond acceptors (Lipinski definition) is 2. The van der Waals surface area contributed by atoms with Crippen LogP contribution >= 0.6 is 0 Å². The molecular formula is C10H18N2O. The fraction of sp³-hybridized carbons (Fsp3) is 0.700. The first-order valence-electron chi connectivity index (χ1n) is 4.80. The molecule has 1 aliphatic rings. The van der Waals surface area contributed by atoms with E-state index in [0.717, 1.165) is 12.8 Å². The predicted molar refractivity (Wildman–Crippen MR) is 53.2 cm³/mol. The van der Waals surface area contributed by atoms with E-state index in [1.54, 1.807) is 4.90 Å². The van der Waals surface area contributed by atoms with E-state index >= 15 is 0 Å². The third-order valence-corrected chi connectivity index (χ3v) is 2.94. The molecule has 1 amide bonds. The Morgan fingerprint density at radius 2 is 2.38 bits per heavy atom. The molecule has 0 bridgehead atoms. The van der Waals surface area contributed by atoms with Crippen molar-refractivity contribution in [2.75, 3.05) is 13.6 Å². The van der Waals surface area contributed by atoms with Crippen molar-refractivity contribution in [3.05, 3.63) is 12.7 Å². The van der Waals surface area contributed by atoms with Crippen molar-refractivity contribution in [1.29, 1.82) is 0 Å². The molecule has 2 N–H and O–H groups in total. The van der Waals surface area contributed by atoms with Crippen molar-refractivity contribution in [3.8, 4) is 0 Å². The van der Waals surface area contributed by atoms with E-state index in [4.69, 9.17) is 5.73 Å². The van der Waals surface area contributed by atoms with Crippen LogP contribution in [-0.2, 0) is 4.79 Å². The van der Waals surface area contributed by atoms with E-state index in [0.29, 0.717) is 18.5 Å². The van der Waals surface area contributed by atoms with Crippen LogP contribution in [0.4, 0.5) is 0 Å². The zero-order valence-corrected chi connectivity index (χ0v) is 8.20. The summed E-state index contributed by atoms with van der Waals surface area (Å²) < 4.78 is 0. The summed E-state index contributed by atoms with van der Waals surface area (Å²) in [4.78, 5) is 13.1. The van der Waals surface area contributed by atoms with Gasteiger partial charge in [0.25, 0.3) is 0 Å².